The third-order valence-electron chi connectivity index (χ3n) is 4.68. The highest BCUT2D eigenvalue weighted by Gasteiger charge is 2.07. The normalized spacial score (nSPS) is 10.5. The average molecular weight is 441 g/mol. The summed E-state index contributed by atoms with van der Waals surface area (Å²) in [6, 6.07) is 5.69. The fourth-order valence-corrected chi connectivity index (χ4v) is 3.25. The molecule has 8 nitrogen and oxygen atoms in total. The van der Waals surface area contributed by atoms with Crippen LogP contribution in [-0.2, 0) is 13.0 Å². The Morgan fingerprint density at radius 2 is 1.94 bits per heavy atom. The van der Waals surface area contributed by atoms with Gasteiger partial charge in [0.2, 0.25) is 0 Å². The minimum Gasteiger partial charge on any atom is -0.493 e. The van der Waals surface area contributed by atoms with E-state index in [4.69, 9.17) is 21.7 Å². The first-order valence-electron chi connectivity index (χ1n) is 10.2. The van der Waals surface area contributed by atoms with Gasteiger partial charge in [-0.25, -0.2) is 15.0 Å². The fraction of sp³-hybridized carbons (Fsp3) is 0.364. The highest BCUT2D eigenvalue weighted by molar-refractivity contribution is 7.80. The molecule has 1 aromatic carbocycles. The second kappa shape index (κ2) is 11.8. The average Bonchev–Trinajstić information content (AvgIpc) is 3.20. The molecule has 0 aliphatic rings. The number of anilines is 1. The lowest BCUT2D eigenvalue weighted by Crippen LogP contribution is -2.29. The summed E-state index contributed by atoms with van der Waals surface area (Å²) in [7, 11) is 1.63. The summed E-state index contributed by atoms with van der Waals surface area (Å²) in [5, 5.41) is 6.99. The number of benzene rings is 1. The molecule has 0 fully saturated rings. The minimum atomic E-state index is 0.572. The Morgan fingerprint density at radius 3 is 2.68 bits per heavy atom. The number of methoxy groups -OCH3 is 1. The molecule has 0 saturated heterocycles. The van der Waals surface area contributed by atoms with Crippen molar-refractivity contribution >= 4 is 23.0 Å². The van der Waals surface area contributed by atoms with Gasteiger partial charge in [-0.05, 0) is 56.1 Å². The molecule has 31 heavy (non-hydrogen) atoms. The van der Waals surface area contributed by atoms with Gasteiger partial charge in [0.15, 0.2) is 16.6 Å². The lowest BCUT2D eigenvalue weighted by atomic mass is 10.2. The number of nitrogens with zero attached hydrogens (tertiary/aromatic N) is 4. The molecule has 0 saturated carbocycles. The maximum absolute atomic E-state index is 5.88. The molecule has 3 rings (SSSR count). The number of hydrogen-bond donors (Lipinski definition) is 2. The Morgan fingerprint density at radius 1 is 1.10 bits per heavy atom. The quantitative estimate of drug-likeness (QED) is 0.347. The van der Waals surface area contributed by atoms with Crippen LogP contribution < -0.4 is 20.1 Å². The van der Waals surface area contributed by atoms with E-state index in [2.05, 4.69) is 30.2 Å². The number of ether oxygens (including phenoxy) is 2. The van der Waals surface area contributed by atoms with Crippen LogP contribution in [0.4, 0.5) is 5.69 Å². The molecule has 0 aliphatic heterocycles. The maximum Gasteiger partial charge on any atom is 0.170 e. The van der Waals surface area contributed by atoms with E-state index in [0.717, 1.165) is 49.3 Å². The lowest BCUT2D eigenvalue weighted by Gasteiger charge is -2.14. The predicted octanol–water partition coefficient (Wildman–Crippen LogP) is 3.38. The first-order chi connectivity index (χ1) is 15.2. The van der Waals surface area contributed by atoms with E-state index in [9.17, 15) is 0 Å². The first-order valence-corrected chi connectivity index (χ1v) is 10.6. The monoisotopic (exact) mass is 440 g/mol. The van der Waals surface area contributed by atoms with Gasteiger partial charge >= 0.3 is 0 Å². The number of aryl methyl sites for hydroxylation is 3. The minimum absolute atomic E-state index is 0.572. The molecule has 2 aromatic heterocycles. The van der Waals surface area contributed by atoms with Crippen molar-refractivity contribution in [1.82, 2.24) is 24.8 Å². The number of imidazole rings is 1. The first kappa shape index (κ1) is 22.5. The van der Waals surface area contributed by atoms with Crippen molar-refractivity contribution in [1.29, 1.82) is 0 Å². The van der Waals surface area contributed by atoms with E-state index in [1.54, 1.807) is 7.11 Å². The molecule has 0 spiro atoms. The molecule has 0 bridgehead atoms. The van der Waals surface area contributed by atoms with Crippen LogP contribution in [0.2, 0.25) is 0 Å². The van der Waals surface area contributed by atoms with Crippen LogP contribution >= 0.6 is 12.2 Å². The molecule has 3 aromatic rings. The van der Waals surface area contributed by atoms with Crippen molar-refractivity contribution in [3.05, 3.63) is 60.7 Å². The van der Waals surface area contributed by atoms with Crippen molar-refractivity contribution in [3.8, 4) is 11.5 Å². The maximum atomic E-state index is 5.88. The molecule has 0 amide bonds. The van der Waals surface area contributed by atoms with Crippen LogP contribution in [0.25, 0.3) is 0 Å². The molecule has 164 valence electrons. The van der Waals surface area contributed by atoms with Crippen molar-refractivity contribution in [2.24, 2.45) is 0 Å². The zero-order chi connectivity index (χ0) is 21.9. The van der Waals surface area contributed by atoms with Gasteiger partial charge in [0, 0.05) is 49.1 Å². The molecule has 2 heterocycles. The molecule has 0 radical (unpaired) electrons. The van der Waals surface area contributed by atoms with E-state index in [-0.39, 0.29) is 0 Å². The predicted molar refractivity (Wildman–Crippen MR) is 125 cm³/mol. The van der Waals surface area contributed by atoms with Crippen LogP contribution in [0.3, 0.4) is 0 Å². The molecule has 0 aliphatic carbocycles. The molecular weight excluding hydrogens is 412 g/mol. The Kier molecular flexibility index (Phi) is 8.59. The fourth-order valence-electron chi connectivity index (χ4n) is 3.03. The summed E-state index contributed by atoms with van der Waals surface area (Å²) in [5.41, 5.74) is 3.09. The number of rotatable bonds is 11. The zero-order valence-electron chi connectivity index (χ0n) is 17.9. The van der Waals surface area contributed by atoms with Gasteiger partial charge in [0.05, 0.1) is 20.0 Å². The third-order valence-corrected chi connectivity index (χ3v) is 4.93. The lowest BCUT2D eigenvalue weighted by molar-refractivity contribution is 0.289. The summed E-state index contributed by atoms with van der Waals surface area (Å²) in [6.45, 7) is 4.30. The summed E-state index contributed by atoms with van der Waals surface area (Å²) in [4.78, 5) is 12.2. The molecule has 2 N–H and O–H groups in total. The van der Waals surface area contributed by atoms with Crippen molar-refractivity contribution in [3.63, 3.8) is 0 Å². The van der Waals surface area contributed by atoms with E-state index in [1.807, 2.05) is 50.0 Å². The number of hydrogen-bond acceptors (Lipinski definition) is 6. The van der Waals surface area contributed by atoms with Gasteiger partial charge in [-0.3, -0.25) is 0 Å². The molecule has 0 unspecified atom stereocenters. The van der Waals surface area contributed by atoms with E-state index in [0.29, 0.717) is 23.2 Å². The third kappa shape index (κ3) is 7.21. The van der Waals surface area contributed by atoms with Crippen LogP contribution in [0, 0.1) is 6.92 Å². The standard InChI is InChI=1S/C22H28N6O2S/c1-17-12-25-16-28(17)9-4-8-26-22(31)27-19-6-7-20(21(11-19)29-2)30-10-3-5-18-13-23-15-24-14-18/h6-7,11-16H,3-5,8-10H2,1-2H3,(H2,26,27,31). The molecule has 0 atom stereocenters. The highest BCUT2D eigenvalue weighted by atomic mass is 32.1. The Balaban J connectivity index is 1.40. The summed E-state index contributed by atoms with van der Waals surface area (Å²) in [5.74, 6) is 1.36. The van der Waals surface area contributed by atoms with Gasteiger partial charge < -0.3 is 24.7 Å². The Bertz CT molecular complexity index is 964. The van der Waals surface area contributed by atoms with Gasteiger partial charge in [-0.15, -0.1) is 0 Å². The van der Waals surface area contributed by atoms with Crippen molar-refractivity contribution in [2.45, 2.75) is 32.7 Å². The summed E-state index contributed by atoms with van der Waals surface area (Å²) < 4.78 is 13.5. The van der Waals surface area contributed by atoms with Crippen LogP contribution in [0.5, 0.6) is 11.5 Å². The second-order valence-electron chi connectivity index (χ2n) is 7.03. The Labute approximate surface area is 188 Å². The zero-order valence-corrected chi connectivity index (χ0v) is 18.7. The Hall–Kier alpha value is -3.20. The van der Waals surface area contributed by atoms with Crippen LogP contribution in [0.15, 0.2) is 49.4 Å². The topological polar surface area (TPSA) is 86.1 Å². The number of thiocarbonyl (C=S) groups is 1. The van der Waals surface area contributed by atoms with E-state index >= 15 is 0 Å². The smallest absolute Gasteiger partial charge is 0.170 e. The second-order valence-corrected chi connectivity index (χ2v) is 7.44. The van der Waals surface area contributed by atoms with Gasteiger partial charge in [0.25, 0.3) is 0 Å². The van der Waals surface area contributed by atoms with Gasteiger partial charge in [-0.1, -0.05) is 0 Å². The van der Waals surface area contributed by atoms with E-state index in [1.165, 1.54) is 6.33 Å². The highest BCUT2D eigenvalue weighted by Crippen LogP contribution is 2.30. The summed E-state index contributed by atoms with van der Waals surface area (Å²) in [6.07, 6.45) is 11.6. The molecular formula is C22H28N6O2S. The van der Waals surface area contributed by atoms with Crippen LogP contribution in [-0.4, -0.2) is 44.9 Å². The number of nitrogens with one attached hydrogen (secondary N) is 2. The largest absolute Gasteiger partial charge is 0.493 e. The summed E-state index contributed by atoms with van der Waals surface area (Å²) >= 11 is 5.40. The van der Waals surface area contributed by atoms with E-state index < -0.39 is 0 Å². The van der Waals surface area contributed by atoms with Crippen LogP contribution in [0.1, 0.15) is 24.1 Å². The number of aromatic nitrogens is 4. The molecule has 9 heteroatoms. The van der Waals surface area contributed by atoms with Crippen molar-refractivity contribution in [2.75, 3.05) is 25.6 Å². The SMILES string of the molecule is COc1cc(NC(=S)NCCCn2cncc2C)ccc1OCCCc1cncnc1. The van der Waals surface area contributed by atoms with Crippen molar-refractivity contribution < 1.29 is 9.47 Å². The van der Waals surface area contributed by atoms with Gasteiger partial charge in [-0.2, -0.15) is 0 Å². The van der Waals surface area contributed by atoms with Gasteiger partial charge in [0.1, 0.15) is 6.33 Å².